The van der Waals surface area contributed by atoms with E-state index in [0.717, 1.165) is 25.7 Å². The first-order chi connectivity index (χ1) is 21.7. The fourth-order valence-corrected chi connectivity index (χ4v) is 7.65. The number of fused-ring (bicyclic) bond motifs is 2. The molecule has 2 aliphatic carbocycles. The minimum atomic E-state index is -0.278. The molecule has 4 heteroatoms. The molecule has 238 valence electrons. The fourth-order valence-electron chi connectivity index (χ4n) is 7.65. The van der Waals surface area contributed by atoms with Crippen molar-refractivity contribution in [3.63, 3.8) is 0 Å². The van der Waals surface area contributed by atoms with Crippen LogP contribution in [0.3, 0.4) is 0 Å². The van der Waals surface area contributed by atoms with Crippen LogP contribution in [0.25, 0.3) is 11.1 Å². The Hall–Kier alpha value is -3.88. The zero-order valence-electron chi connectivity index (χ0n) is 28.0. The lowest BCUT2D eigenvalue weighted by molar-refractivity contribution is -0.149. The maximum absolute atomic E-state index is 13.1. The smallest absolute Gasteiger partial charge is 0.308 e. The molecule has 0 spiro atoms. The van der Waals surface area contributed by atoms with Gasteiger partial charge in [-0.1, -0.05) is 92.8 Å². The quantitative estimate of drug-likeness (QED) is 0.129. The van der Waals surface area contributed by atoms with E-state index in [1.807, 2.05) is 59.8 Å². The molecule has 0 aliphatic heterocycles. The predicted octanol–water partition coefficient (Wildman–Crippen LogP) is 9.70. The number of hydrogen-bond donors (Lipinski definition) is 0. The van der Waals surface area contributed by atoms with Gasteiger partial charge in [0, 0.05) is 16.4 Å². The highest BCUT2D eigenvalue weighted by Gasteiger charge is 2.48. The number of benzene rings is 2. The Morgan fingerprint density at radius 1 is 0.778 bits per heavy atom. The van der Waals surface area contributed by atoms with Crippen LogP contribution in [0.5, 0.6) is 0 Å². The molecule has 0 saturated carbocycles. The Morgan fingerprint density at radius 3 is 1.84 bits per heavy atom. The zero-order valence-corrected chi connectivity index (χ0v) is 28.0. The molecule has 0 heterocycles. The van der Waals surface area contributed by atoms with Gasteiger partial charge in [0.25, 0.3) is 0 Å². The third-order valence-corrected chi connectivity index (χ3v) is 9.60. The van der Waals surface area contributed by atoms with Gasteiger partial charge in [-0.05, 0) is 100 Å². The maximum Gasteiger partial charge on any atom is 0.308 e. The van der Waals surface area contributed by atoms with Gasteiger partial charge in [-0.15, -0.1) is 5.73 Å². The summed E-state index contributed by atoms with van der Waals surface area (Å²) in [5.41, 5.74) is 10.6. The summed E-state index contributed by atoms with van der Waals surface area (Å²) in [4.78, 5) is 26.1. The van der Waals surface area contributed by atoms with Gasteiger partial charge in [0.1, 0.15) is 0 Å². The van der Waals surface area contributed by atoms with E-state index in [-0.39, 0.29) is 34.6 Å². The molecule has 2 aromatic rings. The van der Waals surface area contributed by atoms with Crippen molar-refractivity contribution in [3.05, 3.63) is 113 Å². The van der Waals surface area contributed by atoms with E-state index in [1.165, 1.54) is 33.4 Å². The lowest BCUT2D eigenvalue weighted by Gasteiger charge is -2.39. The molecule has 4 rings (SSSR count). The van der Waals surface area contributed by atoms with Gasteiger partial charge in [-0.2, -0.15) is 0 Å². The van der Waals surface area contributed by atoms with Crippen LogP contribution >= 0.6 is 0 Å². The number of carbonyl (C=O) groups is 2. The van der Waals surface area contributed by atoms with Crippen molar-refractivity contribution < 1.29 is 19.1 Å². The summed E-state index contributed by atoms with van der Waals surface area (Å²) in [6.45, 7) is 12.5. The number of allylic oxidation sites excluding steroid dienone is 7. The van der Waals surface area contributed by atoms with Crippen molar-refractivity contribution in [1.29, 1.82) is 0 Å². The van der Waals surface area contributed by atoms with Crippen molar-refractivity contribution in [1.82, 2.24) is 0 Å². The summed E-state index contributed by atoms with van der Waals surface area (Å²) in [5.74, 6) is -0.794. The van der Waals surface area contributed by atoms with Crippen LogP contribution in [0.1, 0.15) is 102 Å². The predicted molar refractivity (Wildman–Crippen MR) is 185 cm³/mol. The first-order valence-corrected chi connectivity index (χ1v) is 16.7. The molecular weight excluding hydrogens is 556 g/mol. The van der Waals surface area contributed by atoms with Gasteiger partial charge in [-0.25, -0.2) is 0 Å². The van der Waals surface area contributed by atoms with E-state index in [1.54, 1.807) is 0 Å². The van der Waals surface area contributed by atoms with Crippen LogP contribution in [-0.2, 0) is 29.9 Å². The largest absolute Gasteiger partial charge is 0.466 e. The Balaban J connectivity index is 1.84. The Labute approximate surface area is 270 Å². The van der Waals surface area contributed by atoms with Crippen molar-refractivity contribution in [2.45, 2.75) is 90.9 Å². The molecule has 0 aromatic heterocycles. The van der Waals surface area contributed by atoms with Crippen LogP contribution in [-0.4, -0.2) is 25.2 Å². The highest BCUT2D eigenvalue weighted by Crippen LogP contribution is 2.57. The van der Waals surface area contributed by atoms with E-state index in [0.29, 0.717) is 26.1 Å². The SMILES string of the molecule is C/C=C\C=C=C1CC(CCC2(CC(C)C(=O)OCC)C/C(=C\C=C/C)c3ccccc32)(CC(C)C(=O)OCC)c2ccccc21. The van der Waals surface area contributed by atoms with E-state index in [2.05, 4.69) is 72.5 Å². The molecule has 0 saturated heterocycles. The van der Waals surface area contributed by atoms with Gasteiger partial charge in [-0.3, -0.25) is 9.59 Å². The second kappa shape index (κ2) is 15.4. The van der Waals surface area contributed by atoms with Gasteiger partial charge in [0.15, 0.2) is 0 Å². The van der Waals surface area contributed by atoms with Gasteiger partial charge in [0.05, 0.1) is 25.0 Å². The van der Waals surface area contributed by atoms with E-state index < -0.39 is 0 Å². The van der Waals surface area contributed by atoms with Crippen LogP contribution in [0.4, 0.5) is 0 Å². The first-order valence-electron chi connectivity index (χ1n) is 16.7. The third kappa shape index (κ3) is 7.51. The molecule has 2 aromatic carbocycles. The molecule has 4 atom stereocenters. The number of rotatable bonds is 13. The molecular formula is C41H50O4. The molecule has 2 aliphatic rings. The molecule has 0 bridgehead atoms. The monoisotopic (exact) mass is 606 g/mol. The highest BCUT2D eigenvalue weighted by molar-refractivity contribution is 5.79. The van der Waals surface area contributed by atoms with Crippen LogP contribution in [0.2, 0.25) is 0 Å². The average molecular weight is 607 g/mol. The molecule has 0 radical (unpaired) electrons. The van der Waals surface area contributed by atoms with Crippen molar-refractivity contribution >= 4 is 23.1 Å². The molecule has 4 unspecified atom stereocenters. The number of esters is 2. The van der Waals surface area contributed by atoms with Crippen molar-refractivity contribution in [3.8, 4) is 0 Å². The molecule has 0 N–H and O–H groups in total. The first kappa shape index (κ1) is 34.0. The second-order valence-electron chi connectivity index (χ2n) is 12.8. The second-order valence-corrected chi connectivity index (χ2v) is 12.8. The lowest BCUT2D eigenvalue weighted by Crippen LogP contribution is -2.35. The van der Waals surface area contributed by atoms with E-state index >= 15 is 0 Å². The molecule has 0 fully saturated rings. The standard InChI is InChI=1S/C41H50O4/c1-7-11-13-19-33-29-41(27-31(6)39(43)45-10-4,37-23-17-15-21-35(33)37)25-24-40(26-30(5)38(42)44-9-3)28-32(18-12-8-2)34-20-14-16-22-36(34)40/h7-8,11-18,20-23,30-31H,9-10,24-29H2,1-6H3/b11-7-,12-8-,32-18+. The number of ether oxygens (including phenoxy) is 2. The van der Waals surface area contributed by atoms with Gasteiger partial charge in [0.2, 0.25) is 0 Å². The molecule has 0 amide bonds. The number of hydrogen-bond acceptors (Lipinski definition) is 4. The van der Waals surface area contributed by atoms with Gasteiger partial charge >= 0.3 is 11.9 Å². The number of carbonyl (C=O) groups excluding carboxylic acids is 2. The molecule has 45 heavy (non-hydrogen) atoms. The van der Waals surface area contributed by atoms with Crippen molar-refractivity contribution in [2.75, 3.05) is 13.2 Å². The third-order valence-electron chi connectivity index (χ3n) is 9.60. The summed E-state index contributed by atoms with van der Waals surface area (Å²) in [6.07, 6.45) is 17.2. The Kier molecular flexibility index (Phi) is 11.6. The summed E-state index contributed by atoms with van der Waals surface area (Å²) in [7, 11) is 0. The fraction of sp³-hybridized carbons (Fsp3) is 0.439. The Morgan fingerprint density at radius 2 is 1.29 bits per heavy atom. The van der Waals surface area contributed by atoms with E-state index in [4.69, 9.17) is 9.47 Å². The summed E-state index contributed by atoms with van der Waals surface area (Å²) >= 11 is 0. The lowest BCUT2D eigenvalue weighted by atomic mass is 9.65. The van der Waals surface area contributed by atoms with Crippen molar-refractivity contribution in [2.24, 2.45) is 11.8 Å². The zero-order chi connectivity index (χ0) is 32.5. The summed E-state index contributed by atoms with van der Waals surface area (Å²) in [6, 6.07) is 17.3. The van der Waals surface area contributed by atoms with Crippen LogP contribution in [0, 0.1) is 11.8 Å². The van der Waals surface area contributed by atoms with Crippen LogP contribution < -0.4 is 0 Å². The minimum Gasteiger partial charge on any atom is -0.466 e. The summed E-state index contributed by atoms with van der Waals surface area (Å²) < 4.78 is 11.0. The van der Waals surface area contributed by atoms with Crippen LogP contribution in [0.15, 0.2) is 90.7 Å². The maximum atomic E-state index is 13.1. The van der Waals surface area contributed by atoms with Gasteiger partial charge < -0.3 is 9.47 Å². The normalized spacial score (nSPS) is 22.7. The summed E-state index contributed by atoms with van der Waals surface area (Å²) in [5, 5.41) is 0. The minimum absolute atomic E-state index is 0.142. The highest BCUT2D eigenvalue weighted by atomic mass is 16.5. The molecule has 4 nitrogen and oxygen atoms in total. The average Bonchev–Trinajstić information content (AvgIpc) is 3.52. The van der Waals surface area contributed by atoms with E-state index in [9.17, 15) is 9.59 Å². The topological polar surface area (TPSA) is 52.6 Å². The Bertz CT molecular complexity index is 1520.